The van der Waals surface area contributed by atoms with E-state index in [4.69, 9.17) is 5.73 Å². The van der Waals surface area contributed by atoms with Crippen LogP contribution in [0.3, 0.4) is 0 Å². The predicted molar refractivity (Wildman–Crippen MR) is 68.3 cm³/mol. The van der Waals surface area contributed by atoms with Crippen molar-refractivity contribution in [1.82, 2.24) is 4.90 Å². The molecule has 0 amide bonds. The average molecular weight is 250 g/mol. The van der Waals surface area contributed by atoms with Gasteiger partial charge >= 0.3 is 0 Å². The van der Waals surface area contributed by atoms with Crippen molar-refractivity contribution < 1.29 is 9.50 Å². The van der Waals surface area contributed by atoms with Gasteiger partial charge in [0.2, 0.25) is 0 Å². The summed E-state index contributed by atoms with van der Waals surface area (Å²) in [5.41, 5.74) is 6.70. The molecule has 2 aliphatic rings. The molecule has 3 rings (SSSR count). The lowest BCUT2D eigenvalue weighted by molar-refractivity contribution is 0.123. The van der Waals surface area contributed by atoms with Gasteiger partial charge in [-0.25, -0.2) is 4.39 Å². The molecule has 3 unspecified atom stereocenters. The van der Waals surface area contributed by atoms with Gasteiger partial charge in [0.05, 0.1) is 6.10 Å². The minimum atomic E-state index is -0.229. The van der Waals surface area contributed by atoms with Crippen molar-refractivity contribution in [3.8, 4) is 0 Å². The maximum atomic E-state index is 13.7. The van der Waals surface area contributed by atoms with Crippen LogP contribution in [0.4, 0.5) is 10.1 Å². The number of anilines is 1. The number of likely N-dealkylation sites (tertiary alicyclic amines) is 1. The van der Waals surface area contributed by atoms with Crippen molar-refractivity contribution >= 4 is 5.69 Å². The van der Waals surface area contributed by atoms with Crippen LogP contribution >= 0.6 is 0 Å². The minimum Gasteiger partial charge on any atom is -0.399 e. The summed E-state index contributed by atoms with van der Waals surface area (Å²) in [5.74, 6) is 0.756. The second kappa shape index (κ2) is 4.52. The van der Waals surface area contributed by atoms with Gasteiger partial charge in [-0.1, -0.05) is 6.07 Å². The Morgan fingerprint density at radius 3 is 2.89 bits per heavy atom. The third kappa shape index (κ3) is 2.10. The highest BCUT2D eigenvalue weighted by molar-refractivity contribution is 5.40. The van der Waals surface area contributed by atoms with Gasteiger partial charge < -0.3 is 10.8 Å². The van der Waals surface area contributed by atoms with Crippen LogP contribution in [0.15, 0.2) is 18.2 Å². The summed E-state index contributed by atoms with van der Waals surface area (Å²) in [7, 11) is 0. The fourth-order valence-electron chi connectivity index (χ4n) is 3.39. The van der Waals surface area contributed by atoms with E-state index in [0.29, 0.717) is 29.6 Å². The number of rotatable bonds is 2. The molecule has 4 heteroatoms. The molecule has 2 fully saturated rings. The van der Waals surface area contributed by atoms with Crippen LogP contribution in [0.5, 0.6) is 0 Å². The Kier molecular flexibility index (Phi) is 2.99. The lowest BCUT2D eigenvalue weighted by Crippen LogP contribution is -2.24. The largest absolute Gasteiger partial charge is 0.399 e. The van der Waals surface area contributed by atoms with E-state index in [2.05, 4.69) is 4.90 Å². The number of halogens is 1. The second-order valence-corrected chi connectivity index (χ2v) is 5.61. The molecular formula is C14H19FN2O. The summed E-state index contributed by atoms with van der Waals surface area (Å²) in [6, 6.07) is 4.88. The number of aliphatic hydroxyl groups excluding tert-OH is 1. The Bertz CT molecular complexity index is 451. The van der Waals surface area contributed by atoms with Gasteiger partial charge in [-0.2, -0.15) is 0 Å². The van der Waals surface area contributed by atoms with Gasteiger partial charge in [0.25, 0.3) is 0 Å². The number of hydrogen-bond donors (Lipinski definition) is 2. The third-order valence-corrected chi connectivity index (χ3v) is 4.37. The van der Waals surface area contributed by atoms with E-state index in [1.165, 1.54) is 6.07 Å². The van der Waals surface area contributed by atoms with E-state index >= 15 is 0 Å². The van der Waals surface area contributed by atoms with Crippen LogP contribution in [0, 0.1) is 17.7 Å². The first-order valence-electron chi connectivity index (χ1n) is 6.58. The van der Waals surface area contributed by atoms with Crippen molar-refractivity contribution in [2.75, 3.05) is 18.8 Å². The maximum Gasteiger partial charge on any atom is 0.129 e. The van der Waals surface area contributed by atoms with E-state index in [-0.39, 0.29) is 11.9 Å². The van der Waals surface area contributed by atoms with Gasteiger partial charge in [-0.05, 0) is 30.9 Å². The molecule has 3 N–H and O–H groups in total. The molecule has 1 aliphatic heterocycles. The fourth-order valence-corrected chi connectivity index (χ4v) is 3.39. The zero-order chi connectivity index (χ0) is 12.7. The van der Waals surface area contributed by atoms with Gasteiger partial charge in [0, 0.05) is 36.8 Å². The zero-order valence-electron chi connectivity index (χ0n) is 10.3. The van der Waals surface area contributed by atoms with Crippen LogP contribution in [0.25, 0.3) is 0 Å². The highest BCUT2D eigenvalue weighted by atomic mass is 19.1. The van der Waals surface area contributed by atoms with E-state index < -0.39 is 0 Å². The summed E-state index contributed by atoms with van der Waals surface area (Å²) in [4.78, 5) is 2.24. The van der Waals surface area contributed by atoms with Gasteiger partial charge in [-0.15, -0.1) is 0 Å². The Labute approximate surface area is 106 Å². The molecule has 1 saturated heterocycles. The summed E-state index contributed by atoms with van der Waals surface area (Å²) in [5, 5.41) is 9.86. The Hall–Kier alpha value is -1.13. The smallest absolute Gasteiger partial charge is 0.129 e. The van der Waals surface area contributed by atoms with Crippen molar-refractivity contribution in [2.45, 2.75) is 25.5 Å². The summed E-state index contributed by atoms with van der Waals surface area (Å²) in [6.07, 6.45) is 1.88. The molecule has 1 aromatic rings. The monoisotopic (exact) mass is 250 g/mol. The number of hydrogen-bond acceptors (Lipinski definition) is 3. The van der Waals surface area contributed by atoms with Crippen LogP contribution in [0.2, 0.25) is 0 Å². The molecule has 3 atom stereocenters. The number of fused-ring (bicyclic) bond motifs is 1. The number of nitrogen functional groups attached to an aromatic ring is 1. The summed E-state index contributed by atoms with van der Waals surface area (Å²) < 4.78 is 13.7. The predicted octanol–water partition coefficient (Wildman–Crippen LogP) is 1.61. The highest BCUT2D eigenvalue weighted by Gasteiger charge is 2.41. The highest BCUT2D eigenvalue weighted by Crippen LogP contribution is 2.38. The lowest BCUT2D eigenvalue weighted by Gasteiger charge is -2.18. The average Bonchev–Trinajstić information content (AvgIpc) is 2.86. The normalized spacial score (nSPS) is 31.8. The molecular weight excluding hydrogens is 231 g/mol. The van der Waals surface area contributed by atoms with Crippen molar-refractivity contribution in [2.24, 2.45) is 11.8 Å². The molecule has 1 aliphatic carbocycles. The molecule has 1 aromatic carbocycles. The molecule has 0 bridgehead atoms. The molecule has 18 heavy (non-hydrogen) atoms. The van der Waals surface area contributed by atoms with Gasteiger partial charge in [-0.3, -0.25) is 4.90 Å². The van der Waals surface area contributed by atoms with Crippen molar-refractivity contribution in [3.63, 3.8) is 0 Å². The zero-order valence-corrected chi connectivity index (χ0v) is 10.3. The molecule has 1 saturated carbocycles. The van der Waals surface area contributed by atoms with Crippen molar-refractivity contribution in [3.05, 3.63) is 29.6 Å². The Morgan fingerprint density at radius 1 is 1.33 bits per heavy atom. The minimum absolute atomic E-state index is 0.156. The quantitative estimate of drug-likeness (QED) is 0.784. The van der Waals surface area contributed by atoms with Crippen LogP contribution in [-0.2, 0) is 6.54 Å². The molecule has 3 nitrogen and oxygen atoms in total. The van der Waals surface area contributed by atoms with E-state index in [1.807, 2.05) is 0 Å². The van der Waals surface area contributed by atoms with Crippen LogP contribution in [-0.4, -0.2) is 29.2 Å². The first kappa shape index (κ1) is 11.9. The summed E-state index contributed by atoms with van der Waals surface area (Å²) in [6.45, 7) is 2.48. The Morgan fingerprint density at radius 2 is 2.17 bits per heavy atom. The lowest BCUT2D eigenvalue weighted by atomic mass is 10.00. The number of benzene rings is 1. The van der Waals surface area contributed by atoms with E-state index in [0.717, 1.165) is 25.9 Å². The first-order chi connectivity index (χ1) is 8.63. The molecule has 0 spiro atoms. The van der Waals surface area contributed by atoms with E-state index in [9.17, 15) is 9.50 Å². The fraction of sp³-hybridized carbons (Fsp3) is 0.571. The first-order valence-corrected chi connectivity index (χ1v) is 6.58. The molecule has 0 aromatic heterocycles. The van der Waals surface area contributed by atoms with Crippen LogP contribution < -0.4 is 5.73 Å². The van der Waals surface area contributed by atoms with Gasteiger partial charge in [0.1, 0.15) is 5.82 Å². The standard InChI is InChI=1S/C14H19FN2O/c15-13-5-11(16)3-1-10(13)7-17-6-9-2-4-14(18)12(9)8-17/h1,3,5,9,12,14,18H,2,4,6-8,16H2. The number of aliphatic hydroxyl groups is 1. The topological polar surface area (TPSA) is 49.5 Å². The molecule has 1 heterocycles. The van der Waals surface area contributed by atoms with Crippen LogP contribution in [0.1, 0.15) is 18.4 Å². The molecule has 98 valence electrons. The maximum absolute atomic E-state index is 13.7. The van der Waals surface area contributed by atoms with E-state index in [1.54, 1.807) is 12.1 Å². The second-order valence-electron chi connectivity index (χ2n) is 5.61. The number of nitrogens with zero attached hydrogens (tertiary/aromatic N) is 1. The Balaban J connectivity index is 1.68. The SMILES string of the molecule is Nc1ccc(CN2CC3CCC(O)C3C2)c(F)c1. The number of nitrogens with two attached hydrogens (primary N) is 1. The summed E-state index contributed by atoms with van der Waals surface area (Å²) >= 11 is 0. The van der Waals surface area contributed by atoms with Crippen molar-refractivity contribution in [1.29, 1.82) is 0 Å². The van der Waals surface area contributed by atoms with Gasteiger partial charge in [0.15, 0.2) is 0 Å². The molecule has 0 radical (unpaired) electrons. The third-order valence-electron chi connectivity index (χ3n) is 4.37.